The summed E-state index contributed by atoms with van der Waals surface area (Å²) in [6, 6.07) is 8.11. The van der Waals surface area contributed by atoms with Crippen molar-refractivity contribution in [3.63, 3.8) is 0 Å². The molecule has 104 valence electrons. The molecule has 1 aromatic rings. The quantitative estimate of drug-likeness (QED) is 0.752. The molecule has 3 nitrogen and oxygen atoms in total. The highest BCUT2D eigenvalue weighted by atomic mass is 32.2. The molecule has 0 heterocycles. The third kappa shape index (κ3) is 4.16. The molecule has 0 saturated heterocycles. The van der Waals surface area contributed by atoms with Crippen LogP contribution in [0.4, 0.5) is 0 Å². The number of carbonyl (C=O) groups is 1. The van der Waals surface area contributed by atoms with E-state index in [2.05, 4.69) is 0 Å². The molecule has 1 fully saturated rings. The molecule has 1 saturated carbocycles. The monoisotopic (exact) mass is 280 g/mol. The molecule has 0 N–H and O–H groups in total. The summed E-state index contributed by atoms with van der Waals surface area (Å²) in [5, 5.41) is 0. The van der Waals surface area contributed by atoms with Gasteiger partial charge in [0.25, 0.3) is 0 Å². The number of methoxy groups -OCH3 is 1. The first-order chi connectivity index (χ1) is 9.03. The van der Waals surface area contributed by atoms with Gasteiger partial charge in [-0.3, -0.25) is 9.00 Å². The second-order valence-electron chi connectivity index (χ2n) is 5.47. The highest BCUT2D eigenvalue weighted by molar-refractivity contribution is 7.84. The van der Waals surface area contributed by atoms with E-state index in [1.165, 1.54) is 12.7 Å². The van der Waals surface area contributed by atoms with Crippen LogP contribution < -0.4 is 0 Å². The summed E-state index contributed by atoms with van der Waals surface area (Å²) in [4.78, 5) is 11.3. The van der Waals surface area contributed by atoms with Gasteiger partial charge in [0.2, 0.25) is 0 Å². The Morgan fingerprint density at radius 3 is 2.47 bits per heavy atom. The number of hydrogen-bond acceptors (Lipinski definition) is 3. The molecule has 0 aliphatic heterocycles. The maximum absolute atomic E-state index is 12.2. The highest BCUT2D eigenvalue weighted by Gasteiger charge is 2.45. The zero-order valence-corrected chi connectivity index (χ0v) is 12.3. The number of benzene rings is 1. The lowest BCUT2D eigenvalue weighted by molar-refractivity contribution is -0.141. The molecule has 0 radical (unpaired) electrons. The van der Waals surface area contributed by atoms with Crippen LogP contribution in [0.5, 0.6) is 0 Å². The summed E-state index contributed by atoms with van der Waals surface area (Å²) < 4.78 is 16.9. The van der Waals surface area contributed by atoms with Gasteiger partial charge >= 0.3 is 5.97 Å². The third-order valence-electron chi connectivity index (χ3n) is 3.62. The number of rotatable bonds is 6. The molecule has 1 aromatic carbocycles. The van der Waals surface area contributed by atoms with Crippen molar-refractivity contribution < 1.29 is 13.7 Å². The Morgan fingerprint density at radius 1 is 1.32 bits per heavy atom. The van der Waals surface area contributed by atoms with Crippen molar-refractivity contribution in [2.24, 2.45) is 5.41 Å². The minimum atomic E-state index is -0.911. The standard InChI is InChI=1S/C15H20O3S/c1-12-3-5-13(6-4-12)10-19(17)11-15(7-8-15)9-14(16)18-2/h3-6H,7-11H2,1-2H3. The summed E-state index contributed by atoms with van der Waals surface area (Å²) >= 11 is 0. The number of ether oxygens (including phenoxy) is 1. The fraction of sp³-hybridized carbons (Fsp3) is 0.533. The Balaban J connectivity index is 1.87. The van der Waals surface area contributed by atoms with Gasteiger partial charge < -0.3 is 4.74 Å². The van der Waals surface area contributed by atoms with Crippen molar-refractivity contribution in [2.75, 3.05) is 12.9 Å². The lowest BCUT2D eigenvalue weighted by Crippen LogP contribution is -2.18. The van der Waals surface area contributed by atoms with Crippen molar-refractivity contribution in [1.29, 1.82) is 0 Å². The van der Waals surface area contributed by atoms with E-state index < -0.39 is 10.8 Å². The predicted molar refractivity (Wildman–Crippen MR) is 76.2 cm³/mol. The highest BCUT2D eigenvalue weighted by Crippen LogP contribution is 2.49. The van der Waals surface area contributed by atoms with Gasteiger partial charge in [-0.1, -0.05) is 29.8 Å². The number of esters is 1. The van der Waals surface area contributed by atoms with Crippen LogP contribution in [-0.2, 0) is 26.1 Å². The van der Waals surface area contributed by atoms with E-state index in [9.17, 15) is 9.00 Å². The van der Waals surface area contributed by atoms with Gasteiger partial charge in [-0.25, -0.2) is 0 Å². The lowest BCUT2D eigenvalue weighted by Gasteiger charge is -2.13. The molecule has 2 rings (SSSR count). The Bertz CT molecular complexity index is 475. The van der Waals surface area contributed by atoms with E-state index in [0.717, 1.165) is 18.4 Å². The number of aryl methyl sites for hydroxylation is 1. The van der Waals surface area contributed by atoms with Crippen LogP contribution in [0.1, 0.15) is 30.4 Å². The molecule has 1 unspecified atom stereocenters. The van der Waals surface area contributed by atoms with Crippen LogP contribution in [0, 0.1) is 12.3 Å². The molecule has 0 amide bonds. The van der Waals surface area contributed by atoms with Gasteiger partial charge in [0, 0.05) is 22.3 Å². The first-order valence-corrected chi connectivity index (χ1v) is 7.99. The Labute approximate surface area is 116 Å². The van der Waals surface area contributed by atoms with E-state index in [4.69, 9.17) is 4.74 Å². The summed E-state index contributed by atoms with van der Waals surface area (Å²) in [6.45, 7) is 2.04. The van der Waals surface area contributed by atoms with E-state index in [-0.39, 0.29) is 11.4 Å². The SMILES string of the molecule is COC(=O)CC1(CS(=O)Cc2ccc(C)cc2)CC1. The molecule has 1 aliphatic carbocycles. The van der Waals surface area contributed by atoms with Crippen molar-refractivity contribution in [2.45, 2.75) is 31.9 Å². The summed E-state index contributed by atoms with van der Waals surface area (Å²) in [6.07, 6.45) is 2.38. The second-order valence-corrected chi connectivity index (χ2v) is 6.92. The minimum Gasteiger partial charge on any atom is -0.469 e. The summed E-state index contributed by atoms with van der Waals surface area (Å²) in [5.41, 5.74) is 2.25. The van der Waals surface area contributed by atoms with Crippen molar-refractivity contribution >= 4 is 16.8 Å². The zero-order chi connectivity index (χ0) is 13.9. The Morgan fingerprint density at radius 2 is 1.95 bits per heavy atom. The molecule has 0 spiro atoms. The number of hydrogen-bond donors (Lipinski definition) is 0. The summed E-state index contributed by atoms with van der Waals surface area (Å²) in [7, 11) is 0.494. The maximum atomic E-state index is 12.2. The van der Waals surface area contributed by atoms with Gasteiger partial charge in [-0.2, -0.15) is 0 Å². The smallest absolute Gasteiger partial charge is 0.306 e. The van der Waals surface area contributed by atoms with Gasteiger partial charge in [0.05, 0.1) is 13.5 Å². The first-order valence-electron chi connectivity index (χ1n) is 6.50. The fourth-order valence-corrected chi connectivity index (χ4v) is 3.93. The van der Waals surface area contributed by atoms with Crippen LogP contribution in [-0.4, -0.2) is 23.0 Å². The predicted octanol–water partition coefficient (Wildman–Crippen LogP) is 2.59. The van der Waals surface area contributed by atoms with Crippen LogP contribution in [0.2, 0.25) is 0 Å². The topological polar surface area (TPSA) is 43.4 Å². The molecule has 0 bridgehead atoms. The molecular weight excluding hydrogens is 260 g/mol. The Hall–Kier alpha value is -1.16. The van der Waals surface area contributed by atoms with Crippen LogP contribution in [0.15, 0.2) is 24.3 Å². The molecule has 1 atom stereocenters. The first kappa shape index (κ1) is 14.3. The Kier molecular flexibility index (Phi) is 4.40. The van der Waals surface area contributed by atoms with Gasteiger partial charge in [0.1, 0.15) is 0 Å². The van der Waals surface area contributed by atoms with Gasteiger partial charge in [0.15, 0.2) is 0 Å². The zero-order valence-electron chi connectivity index (χ0n) is 11.5. The van der Waals surface area contributed by atoms with E-state index >= 15 is 0 Å². The minimum absolute atomic E-state index is 0.0529. The third-order valence-corrected chi connectivity index (χ3v) is 5.21. The number of carbonyl (C=O) groups excluding carboxylic acids is 1. The normalized spacial score (nSPS) is 17.8. The van der Waals surface area contributed by atoms with Crippen LogP contribution in [0.3, 0.4) is 0 Å². The van der Waals surface area contributed by atoms with Crippen molar-refractivity contribution in [1.82, 2.24) is 0 Å². The van der Waals surface area contributed by atoms with E-state index in [0.29, 0.717) is 17.9 Å². The molecule has 1 aliphatic rings. The molecular formula is C15H20O3S. The van der Waals surface area contributed by atoms with E-state index in [1.54, 1.807) is 0 Å². The molecule has 0 aromatic heterocycles. The lowest BCUT2D eigenvalue weighted by atomic mass is 10.1. The van der Waals surface area contributed by atoms with Gasteiger partial charge in [-0.05, 0) is 30.7 Å². The van der Waals surface area contributed by atoms with Crippen molar-refractivity contribution in [3.05, 3.63) is 35.4 Å². The average molecular weight is 280 g/mol. The van der Waals surface area contributed by atoms with E-state index in [1.807, 2.05) is 31.2 Å². The maximum Gasteiger partial charge on any atom is 0.306 e. The van der Waals surface area contributed by atoms with Crippen molar-refractivity contribution in [3.8, 4) is 0 Å². The molecule has 4 heteroatoms. The van der Waals surface area contributed by atoms with Gasteiger partial charge in [-0.15, -0.1) is 0 Å². The van der Waals surface area contributed by atoms with Crippen LogP contribution in [0.25, 0.3) is 0 Å². The fourth-order valence-electron chi connectivity index (χ4n) is 2.19. The molecule has 19 heavy (non-hydrogen) atoms. The average Bonchev–Trinajstić information content (AvgIpc) is 3.11. The summed E-state index contributed by atoms with van der Waals surface area (Å²) in [5.74, 6) is 0.990. The van der Waals surface area contributed by atoms with Crippen LogP contribution >= 0.6 is 0 Å². The largest absolute Gasteiger partial charge is 0.469 e. The second kappa shape index (κ2) is 5.87.